The number of amides is 2. The molecule has 0 fully saturated rings. The second-order valence-electron chi connectivity index (χ2n) is 5.92. The molecule has 0 saturated carbocycles. The number of phenols is 1. The van der Waals surface area contributed by atoms with Gasteiger partial charge in [0.15, 0.2) is 0 Å². The monoisotopic (exact) mass is 611 g/mol. The normalized spacial score (nSPS) is 10.7. The second-order valence-corrected chi connectivity index (χ2v) is 8.33. The molecule has 0 saturated heterocycles. The fourth-order valence-electron chi connectivity index (χ4n) is 2.41. The maximum Gasteiger partial charge on any atom is 0.271 e. The van der Waals surface area contributed by atoms with Crippen LogP contribution < -0.4 is 10.7 Å². The first-order valence-corrected chi connectivity index (χ1v) is 10.6. The van der Waals surface area contributed by atoms with Crippen LogP contribution in [0.5, 0.6) is 5.75 Å². The Hall–Kier alpha value is -2.47. The highest BCUT2D eigenvalue weighted by Gasteiger charge is 2.08. The molecule has 0 spiro atoms. The Balaban J connectivity index is 1.61. The summed E-state index contributed by atoms with van der Waals surface area (Å²) in [6.07, 6.45) is 1.39. The Labute approximate surface area is 194 Å². The highest BCUT2D eigenvalue weighted by molar-refractivity contribution is 14.1. The summed E-state index contributed by atoms with van der Waals surface area (Å²) in [6, 6.07) is 19.0. The molecule has 0 unspecified atom stereocenters. The van der Waals surface area contributed by atoms with Crippen molar-refractivity contribution >= 4 is 68.9 Å². The average molecular weight is 611 g/mol. The minimum Gasteiger partial charge on any atom is -0.506 e. The van der Waals surface area contributed by atoms with Crippen molar-refractivity contribution < 1.29 is 14.7 Å². The van der Waals surface area contributed by atoms with Gasteiger partial charge in [-0.25, -0.2) is 5.43 Å². The van der Waals surface area contributed by atoms with Gasteiger partial charge in [-0.15, -0.1) is 0 Å². The number of nitrogens with one attached hydrogen (secondary N) is 2. The van der Waals surface area contributed by atoms with Crippen molar-refractivity contribution in [3.8, 4) is 5.75 Å². The standard InChI is InChI=1S/C21H15I2N3O3/c22-16-10-15(19(27)18(23)11-16)12-24-26-21(29)14-6-8-17(9-7-14)25-20(28)13-4-2-1-3-5-13/h1-12,27H,(H,25,28)(H,26,29). The number of carbonyl (C=O) groups is 2. The lowest BCUT2D eigenvalue weighted by Gasteiger charge is -2.06. The molecule has 2 amide bonds. The zero-order valence-corrected chi connectivity index (χ0v) is 19.2. The van der Waals surface area contributed by atoms with Crippen molar-refractivity contribution in [3.63, 3.8) is 0 Å². The molecule has 0 atom stereocenters. The molecule has 3 N–H and O–H groups in total. The van der Waals surface area contributed by atoms with Crippen LogP contribution in [0, 0.1) is 7.14 Å². The van der Waals surface area contributed by atoms with Gasteiger partial charge in [0.25, 0.3) is 11.8 Å². The van der Waals surface area contributed by atoms with Crippen molar-refractivity contribution in [1.29, 1.82) is 0 Å². The van der Waals surface area contributed by atoms with Gasteiger partial charge in [0, 0.05) is 25.9 Å². The molecule has 3 aromatic carbocycles. The number of hydrogen-bond acceptors (Lipinski definition) is 4. The molecular weight excluding hydrogens is 596 g/mol. The van der Waals surface area contributed by atoms with Gasteiger partial charge in [0.2, 0.25) is 0 Å². The van der Waals surface area contributed by atoms with Crippen LogP contribution in [-0.2, 0) is 0 Å². The number of hydrazone groups is 1. The van der Waals surface area contributed by atoms with E-state index in [4.69, 9.17) is 0 Å². The van der Waals surface area contributed by atoms with Crippen molar-refractivity contribution in [2.45, 2.75) is 0 Å². The van der Waals surface area contributed by atoms with Crippen molar-refractivity contribution in [3.05, 3.63) is 90.6 Å². The molecular formula is C21H15I2N3O3. The summed E-state index contributed by atoms with van der Waals surface area (Å²) in [5.74, 6) is -0.510. The zero-order chi connectivity index (χ0) is 20.8. The molecule has 6 nitrogen and oxygen atoms in total. The maximum absolute atomic E-state index is 12.2. The summed E-state index contributed by atoms with van der Waals surface area (Å²) in [4.78, 5) is 24.4. The Bertz CT molecular complexity index is 1070. The van der Waals surface area contributed by atoms with Gasteiger partial charge >= 0.3 is 0 Å². The highest BCUT2D eigenvalue weighted by atomic mass is 127. The summed E-state index contributed by atoms with van der Waals surface area (Å²) in [5, 5.41) is 16.7. The third-order valence-electron chi connectivity index (χ3n) is 3.87. The molecule has 0 heterocycles. The lowest BCUT2D eigenvalue weighted by Crippen LogP contribution is -2.18. The second kappa shape index (κ2) is 9.83. The average Bonchev–Trinajstić information content (AvgIpc) is 2.72. The first-order valence-electron chi connectivity index (χ1n) is 8.42. The van der Waals surface area contributed by atoms with Gasteiger partial charge < -0.3 is 10.4 Å². The molecule has 3 rings (SSSR count). The first kappa shape index (κ1) is 21.2. The summed E-state index contributed by atoms with van der Waals surface area (Å²) in [7, 11) is 0. The van der Waals surface area contributed by atoms with Crippen LogP contribution in [0.25, 0.3) is 0 Å². The Morgan fingerprint density at radius 3 is 2.24 bits per heavy atom. The van der Waals surface area contributed by atoms with Crippen LogP contribution in [-0.4, -0.2) is 23.1 Å². The maximum atomic E-state index is 12.2. The van der Waals surface area contributed by atoms with Gasteiger partial charge in [-0.2, -0.15) is 5.10 Å². The molecule has 0 aromatic heterocycles. The lowest BCUT2D eigenvalue weighted by molar-refractivity contribution is 0.0954. The number of nitrogens with zero attached hydrogens (tertiary/aromatic N) is 1. The van der Waals surface area contributed by atoms with Crippen LogP contribution >= 0.6 is 45.2 Å². The van der Waals surface area contributed by atoms with Gasteiger partial charge in [0.1, 0.15) is 5.75 Å². The van der Waals surface area contributed by atoms with Gasteiger partial charge in [-0.1, -0.05) is 18.2 Å². The predicted octanol–water partition coefficient (Wildman–Crippen LogP) is 4.62. The summed E-state index contributed by atoms with van der Waals surface area (Å²) < 4.78 is 1.65. The number of carbonyl (C=O) groups excluding carboxylic acids is 2. The minimum atomic E-state index is -0.401. The quantitative estimate of drug-likeness (QED) is 0.224. The van der Waals surface area contributed by atoms with E-state index in [0.29, 0.717) is 25.9 Å². The molecule has 146 valence electrons. The molecule has 29 heavy (non-hydrogen) atoms. The summed E-state index contributed by atoms with van der Waals surface area (Å²) in [5.41, 5.74) is 4.47. The zero-order valence-electron chi connectivity index (χ0n) is 14.9. The Kier molecular flexibility index (Phi) is 7.20. The van der Waals surface area contributed by atoms with Crippen molar-refractivity contribution in [1.82, 2.24) is 5.43 Å². The molecule has 0 radical (unpaired) electrons. The lowest BCUT2D eigenvalue weighted by atomic mass is 10.1. The van der Waals surface area contributed by atoms with E-state index < -0.39 is 5.91 Å². The molecule has 0 aliphatic carbocycles. The van der Waals surface area contributed by atoms with E-state index >= 15 is 0 Å². The Morgan fingerprint density at radius 1 is 0.897 bits per heavy atom. The van der Waals surface area contributed by atoms with E-state index in [9.17, 15) is 14.7 Å². The van der Waals surface area contributed by atoms with E-state index in [-0.39, 0.29) is 11.7 Å². The molecule has 8 heteroatoms. The number of benzene rings is 3. The predicted molar refractivity (Wildman–Crippen MR) is 129 cm³/mol. The minimum absolute atomic E-state index is 0.113. The van der Waals surface area contributed by atoms with E-state index in [0.717, 1.165) is 3.57 Å². The van der Waals surface area contributed by atoms with Crippen LogP contribution in [0.15, 0.2) is 71.8 Å². The Morgan fingerprint density at radius 2 is 1.55 bits per heavy atom. The number of halogens is 2. The van der Waals surface area contributed by atoms with Crippen molar-refractivity contribution in [2.24, 2.45) is 5.10 Å². The SMILES string of the molecule is O=C(NN=Cc1cc(I)cc(I)c1O)c1ccc(NC(=O)c2ccccc2)cc1. The first-order chi connectivity index (χ1) is 13.9. The third kappa shape index (κ3) is 5.76. The third-order valence-corrected chi connectivity index (χ3v) is 5.31. The van der Waals surface area contributed by atoms with Gasteiger partial charge in [0.05, 0.1) is 9.78 Å². The van der Waals surface area contributed by atoms with Gasteiger partial charge in [-0.05, 0) is 93.7 Å². The largest absolute Gasteiger partial charge is 0.506 e. The van der Waals surface area contributed by atoms with Crippen molar-refractivity contribution in [2.75, 3.05) is 5.32 Å². The summed E-state index contributed by atoms with van der Waals surface area (Å²) >= 11 is 4.17. The molecule has 0 aliphatic rings. The topological polar surface area (TPSA) is 90.8 Å². The van der Waals surface area contributed by atoms with Gasteiger partial charge in [-0.3, -0.25) is 9.59 Å². The number of rotatable bonds is 5. The molecule has 0 aliphatic heterocycles. The van der Waals surface area contributed by atoms with Crippen LogP contribution in [0.4, 0.5) is 5.69 Å². The number of hydrogen-bond donors (Lipinski definition) is 3. The van der Waals surface area contributed by atoms with Crippen LogP contribution in [0.2, 0.25) is 0 Å². The van der Waals surface area contributed by atoms with Crippen LogP contribution in [0.1, 0.15) is 26.3 Å². The van der Waals surface area contributed by atoms with E-state index in [1.165, 1.54) is 6.21 Å². The number of aromatic hydroxyl groups is 1. The van der Waals surface area contributed by atoms with E-state index in [1.54, 1.807) is 54.6 Å². The molecule has 0 bridgehead atoms. The molecule has 3 aromatic rings. The fraction of sp³-hybridized carbons (Fsp3) is 0. The number of phenolic OH excluding ortho intramolecular Hbond substituents is 1. The highest BCUT2D eigenvalue weighted by Crippen LogP contribution is 2.25. The van der Waals surface area contributed by atoms with E-state index in [1.807, 2.05) is 34.7 Å². The number of anilines is 1. The van der Waals surface area contributed by atoms with Crippen LogP contribution in [0.3, 0.4) is 0 Å². The van der Waals surface area contributed by atoms with E-state index in [2.05, 4.69) is 38.4 Å². The smallest absolute Gasteiger partial charge is 0.271 e. The fourth-order valence-corrected chi connectivity index (χ4v) is 4.30. The summed E-state index contributed by atoms with van der Waals surface area (Å²) in [6.45, 7) is 0.